The van der Waals surface area contributed by atoms with E-state index >= 15 is 0 Å². The molecule has 0 aliphatic carbocycles. The zero-order valence-corrected chi connectivity index (χ0v) is 17.0. The van der Waals surface area contributed by atoms with Crippen LogP contribution in [0, 0.1) is 0 Å². The Balaban J connectivity index is 1.44. The molecule has 3 atom stereocenters. The number of nitrogens with one attached hydrogen (secondary N) is 1. The molecule has 148 valence electrons. The number of carbonyl (C=O) groups is 1. The fourth-order valence-corrected chi connectivity index (χ4v) is 4.97. The number of hydrogen-bond donors (Lipinski definition) is 1. The molecule has 2 bridgehead atoms. The highest BCUT2D eigenvalue weighted by molar-refractivity contribution is 6.30. The highest BCUT2D eigenvalue weighted by Gasteiger charge is 2.38. The summed E-state index contributed by atoms with van der Waals surface area (Å²) < 4.78 is 5.55. The zero-order chi connectivity index (χ0) is 19.5. The van der Waals surface area contributed by atoms with Crippen LogP contribution in [-0.2, 0) is 6.54 Å². The Hall–Kier alpha value is -2.04. The number of amides is 1. The number of para-hydroxylation sites is 1. The first kappa shape index (κ1) is 19.3. The summed E-state index contributed by atoms with van der Waals surface area (Å²) in [6.07, 6.45) is 5.65. The van der Waals surface area contributed by atoms with E-state index in [0.29, 0.717) is 22.7 Å². The summed E-state index contributed by atoms with van der Waals surface area (Å²) in [5, 5.41) is 3.84. The first-order valence-electron chi connectivity index (χ1n) is 10.1. The third-order valence-corrected chi connectivity index (χ3v) is 6.33. The van der Waals surface area contributed by atoms with Crippen molar-refractivity contribution in [2.24, 2.45) is 0 Å². The van der Waals surface area contributed by atoms with Gasteiger partial charge in [-0.15, -0.1) is 0 Å². The number of ether oxygens (including phenoxy) is 1. The number of fused-ring (bicyclic) bond motifs is 2. The highest BCUT2D eigenvalue weighted by atomic mass is 35.5. The van der Waals surface area contributed by atoms with E-state index in [9.17, 15) is 4.79 Å². The molecular weight excluding hydrogens is 372 g/mol. The molecule has 2 aliphatic rings. The summed E-state index contributed by atoms with van der Waals surface area (Å²) in [4.78, 5) is 15.3. The van der Waals surface area contributed by atoms with Gasteiger partial charge in [0.25, 0.3) is 5.91 Å². The summed E-state index contributed by atoms with van der Waals surface area (Å²) in [6, 6.07) is 16.7. The Bertz CT molecular complexity index is 827. The first-order valence-corrected chi connectivity index (χ1v) is 10.5. The van der Waals surface area contributed by atoms with E-state index < -0.39 is 0 Å². The van der Waals surface area contributed by atoms with Gasteiger partial charge in [0.2, 0.25) is 0 Å². The Morgan fingerprint density at radius 2 is 1.89 bits per heavy atom. The van der Waals surface area contributed by atoms with Crippen LogP contribution in [0.4, 0.5) is 0 Å². The Morgan fingerprint density at radius 3 is 2.61 bits per heavy atom. The van der Waals surface area contributed by atoms with Crippen molar-refractivity contribution in [3.63, 3.8) is 0 Å². The van der Waals surface area contributed by atoms with Crippen LogP contribution in [0.25, 0.3) is 0 Å². The van der Waals surface area contributed by atoms with Crippen molar-refractivity contribution in [3.8, 4) is 5.75 Å². The molecule has 2 heterocycles. The van der Waals surface area contributed by atoms with Gasteiger partial charge in [-0.25, -0.2) is 0 Å². The van der Waals surface area contributed by atoms with E-state index in [0.717, 1.165) is 25.1 Å². The molecule has 4 nitrogen and oxygen atoms in total. The van der Waals surface area contributed by atoms with Crippen molar-refractivity contribution in [2.75, 3.05) is 7.11 Å². The van der Waals surface area contributed by atoms with Crippen LogP contribution in [-0.4, -0.2) is 36.0 Å². The Labute approximate surface area is 171 Å². The largest absolute Gasteiger partial charge is 0.496 e. The lowest BCUT2D eigenvalue weighted by molar-refractivity contribution is 0.0172. The Morgan fingerprint density at radius 1 is 1.14 bits per heavy atom. The molecule has 0 aromatic heterocycles. The van der Waals surface area contributed by atoms with Crippen molar-refractivity contribution in [1.82, 2.24) is 10.2 Å². The lowest BCUT2D eigenvalue weighted by atomic mass is 9.81. The fourth-order valence-electron chi connectivity index (χ4n) is 4.78. The average Bonchev–Trinajstić information content (AvgIpc) is 2.69. The molecule has 2 aliphatic heterocycles. The Kier molecular flexibility index (Phi) is 5.88. The molecule has 4 rings (SSSR count). The van der Waals surface area contributed by atoms with Crippen LogP contribution in [0.15, 0.2) is 48.5 Å². The predicted molar refractivity (Wildman–Crippen MR) is 112 cm³/mol. The predicted octanol–water partition coefficient (Wildman–Crippen LogP) is 4.66. The number of carbonyl (C=O) groups excluding carboxylic acids is 1. The van der Waals surface area contributed by atoms with Gasteiger partial charge in [-0.1, -0.05) is 42.3 Å². The molecule has 0 saturated carbocycles. The number of nitrogens with zero attached hydrogens (tertiary/aromatic N) is 1. The number of halogens is 1. The molecule has 2 aromatic carbocycles. The molecule has 1 unspecified atom stereocenters. The van der Waals surface area contributed by atoms with Gasteiger partial charge >= 0.3 is 0 Å². The molecule has 0 radical (unpaired) electrons. The minimum atomic E-state index is -0.0243. The monoisotopic (exact) mass is 398 g/mol. The van der Waals surface area contributed by atoms with Gasteiger partial charge in [-0.05, 0) is 49.9 Å². The minimum absolute atomic E-state index is 0.0243. The summed E-state index contributed by atoms with van der Waals surface area (Å²) in [5.41, 5.74) is 1.87. The maximum atomic E-state index is 12.6. The van der Waals surface area contributed by atoms with Gasteiger partial charge < -0.3 is 10.1 Å². The van der Waals surface area contributed by atoms with Crippen LogP contribution in [0.5, 0.6) is 5.75 Å². The van der Waals surface area contributed by atoms with E-state index in [1.165, 1.54) is 24.8 Å². The molecule has 28 heavy (non-hydrogen) atoms. The smallest absolute Gasteiger partial charge is 0.251 e. The van der Waals surface area contributed by atoms with Crippen molar-refractivity contribution < 1.29 is 9.53 Å². The second kappa shape index (κ2) is 8.54. The van der Waals surface area contributed by atoms with Crippen molar-refractivity contribution in [3.05, 3.63) is 64.7 Å². The maximum absolute atomic E-state index is 12.6. The van der Waals surface area contributed by atoms with Crippen molar-refractivity contribution in [2.45, 2.75) is 56.8 Å². The van der Waals surface area contributed by atoms with E-state index in [1.54, 1.807) is 19.2 Å². The maximum Gasteiger partial charge on any atom is 0.251 e. The lowest BCUT2D eigenvalue weighted by Gasteiger charge is -2.49. The van der Waals surface area contributed by atoms with E-state index in [1.807, 2.05) is 24.3 Å². The molecule has 2 aromatic rings. The standard InChI is InChI=1S/C23H27ClN2O2/c1-28-22-11-3-2-6-17(22)15-26-20-9-5-10-21(26)14-19(13-20)25-23(27)16-7-4-8-18(24)12-16/h2-4,6-8,11-12,19-21H,5,9-10,13-15H2,1H3,(H,25,27)/t19?,20-,21+. The molecule has 2 saturated heterocycles. The first-order chi connectivity index (χ1) is 13.6. The third kappa shape index (κ3) is 4.18. The normalized spacial score (nSPS) is 24.6. The summed E-state index contributed by atoms with van der Waals surface area (Å²) >= 11 is 6.03. The quantitative estimate of drug-likeness (QED) is 0.796. The molecule has 1 amide bonds. The van der Waals surface area contributed by atoms with Crippen LogP contribution < -0.4 is 10.1 Å². The second-order valence-electron chi connectivity index (χ2n) is 7.87. The molecular formula is C23H27ClN2O2. The van der Waals surface area contributed by atoms with E-state index in [4.69, 9.17) is 16.3 Å². The topological polar surface area (TPSA) is 41.6 Å². The number of hydrogen-bond acceptors (Lipinski definition) is 3. The fraction of sp³-hybridized carbons (Fsp3) is 0.435. The third-order valence-electron chi connectivity index (χ3n) is 6.09. The van der Waals surface area contributed by atoms with E-state index in [-0.39, 0.29) is 11.9 Å². The summed E-state index contributed by atoms with van der Waals surface area (Å²) in [7, 11) is 1.73. The SMILES string of the molecule is COc1ccccc1CN1[C@@H]2CCC[C@H]1CC(NC(=O)c1cccc(Cl)c1)C2. The van der Waals surface area contributed by atoms with Crippen molar-refractivity contribution in [1.29, 1.82) is 0 Å². The van der Waals surface area contributed by atoms with Crippen LogP contribution >= 0.6 is 11.6 Å². The lowest BCUT2D eigenvalue weighted by Crippen LogP contribution is -2.56. The van der Waals surface area contributed by atoms with E-state index in [2.05, 4.69) is 22.3 Å². The van der Waals surface area contributed by atoms with Gasteiger partial charge in [0.05, 0.1) is 7.11 Å². The van der Waals surface area contributed by atoms with Crippen LogP contribution in [0.2, 0.25) is 5.02 Å². The molecule has 0 spiro atoms. The summed E-state index contributed by atoms with van der Waals surface area (Å²) in [5.74, 6) is 0.931. The zero-order valence-electron chi connectivity index (χ0n) is 16.2. The average molecular weight is 399 g/mol. The molecule has 5 heteroatoms. The van der Waals surface area contributed by atoms with Gasteiger partial charge in [-0.3, -0.25) is 9.69 Å². The van der Waals surface area contributed by atoms with Gasteiger partial charge in [0.15, 0.2) is 0 Å². The second-order valence-corrected chi connectivity index (χ2v) is 8.31. The number of rotatable bonds is 5. The van der Waals surface area contributed by atoms with Gasteiger partial charge in [-0.2, -0.15) is 0 Å². The summed E-state index contributed by atoms with van der Waals surface area (Å²) in [6.45, 7) is 0.911. The molecule has 1 N–H and O–H groups in total. The number of methoxy groups -OCH3 is 1. The van der Waals surface area contributed by atoms with Gasteiger partial charge in [0.1, 0.15) is 5.75 Å². The van der Waals surface area contributed by atoms with Crippen molar-refractivity contribution >= 4 is 17.5 Å². The minimum Gasteiger partial charge on any atom is -0.496 e. The highest BCUT2D eigenvalue weighted by Crippen LogP contribution is 2.36. The number of benzene rings is 2. The van der Waals surface area contributed by atoms with Crippen LogP contribution in [0.3, 0.4) is 0 Å². The number of piperidine rings is 2. The van der Waals surface area contributed by atoms with Crippen LogP contribution in [0.1, 0.15) is 48.0 Å². The molecule has 2 fully saturated rings. The van der Waals surface area contributed by atoms with Gasteiger partial charge in [0, 0.05) is 40.8 Å².